The average molecular weight is 283 g/mol. The lowest BCUT2D eigenvalue weighted by Crippen LogP contribution is -2.35. The summed E-state index contributed by atoms with van der Waals surface area (Å²) in [5.41, 5.74) is 2.03. The fraction of sp³-hybridized carbons (Fsp3) is 0.312. The number of aromatic nitrogens is 2. The molecule has 1 aliphatic carbocycles. The van der Waals surface area contributed by atoms with Crippen molar-refractivity contribution in [3.8, 4) is 5.75 Å². The number of amides is 1. The number of methoxy groups -OCH3 is 1. The number of nitrogens with one attached hydrogen (secondary N) is 1. The van der Waals surface area contributed by atoms with Gasteiger partial charge in [0.05, 0.1) is 30.1 Å². The Balaban J connectivity index is 1.84. The second kappa shape index (κ2) is 5.16. The van der Waals surface area contributed by atoms with Gasteiger partial charge < -0.3 is 10.1 Å². The van der Waals surface area contributed by atoms with Gasteiger partial charge in [0.15, 0.2) is 0 Å². The molecule has 3 rings (SSSR count). The molecule has 1 fully saturated rings. The van der Waals surface area contributed by atoms with Crippen LogP contribution in [0.4, 0.5) is 0 Å². The first-order chi connectivity index (χ1) is 10.1. The summed E-state index contributed by atoms with van der Waals surface area (Å²) in [5.74, 6) is 0.442. The van der Waals surface area contributed by atoms with Crippen LogP contribution in [0.3, 0.4) is 0 Å². The van der Waals surface area contributed by atoms with Gasteiger partial charge >= 0.3 is 0 Å². The van der Waals surface area contributed by atoms with E-state index in [4.69, 9.17) is 4.74 Å². The van der Waals surface area contributed by atoms with Gasteiger partial charge in [-0.3, -0.25) is 14.8 Å². The Morgan fingerprint density at radius 1 is 1.33 bits per heavy atom. The minimum absolute atomic E-state index is 0.144. The van der Waals surface area contributed by atoms with Crippen molar-refractivity contribution in [3.05, 3.63) is 53.6 Å². The molecular weight excluding hydrogens is 266 g/mol. The highest BCUT2D eigenvalue weighted by Crippen LogP contribution is 2.44. The zero-order chi connectivity index (χ0) is 14.9. The van der Waals surface area contributed by atoms with Gasteiger partial charge in [-0.15, -0.1) is 0 Å². The summed E-state index contributed by atoms with van der Waals surface area (Å²) in [7, 11) is 1.57. The van der Waals surface area contributed by atoms with Crippen LogP contribution in [-0.4, -0.2) is 23.0 Å². The Bertz CT molecular complexity index is 666. The molecule has 0 aliphatic heterocycles. The summed E-state index contributed by atoms with van der Waals surface area (Å²) >= 11 is 0. The fourth-order valence-electron chi connectivity index (χ4n) is 2.39. The predicted molar refractivity (Wildman–Crippen MR) is 78.1 cm³/mol. The third-order valence-electron chi connectivity index (χ3n) is 3.76. The van der Waals surface area contributed by atoms with Gasteiger partial charge in [0, 0.05) is 12.4 Å². The van der Waals surface area contributed by atoms with Crippen LogP contribution in [0.1, 0.15) is 34.5 Å². The molecule has 108 valence electrons. The molecule has 2 aromatic rings. The summed E-state index contributed by atoms with van der Waals surface area (Å²) in [6, 6.07) is 5.55. The fourth-order valence-corrected chi connectivity index (χ4v) is 2.39. The quantitative estimate of drug-likeness (QED) is 0.934. The first kappa shape index (κ1) is 13.5. The SMILES string of the molecule is COc1cc(C)ccc1C(=O)NC1(c2cnccn2)CC1. The van der Waals surface area contributed by atoms with Crippen molar-refractivity contribution in [1.82, 2.24) is 15.3 Å². The number of benzene rings is 1. The summed E-state index contributed by atoms with van der Waals surface area (Å²) in [4.78, 5) is 20.9. The van der Waals surface area contributed by atoms with Crippen LogP contribution in [0.2, 0.25) is 0 Å². The molecule has 1 aromatic carbocycles. The Labute approximate surface area is 123 Å². The molecule has 1 aromatic heterocycles. The third-order valence-corrected chi connectivity index (χ3v) is 3.76. The van der Waals surface area contributed by atoms with Crippen molar-refractivity contribution >= 4 is 5.91 Å². The maximum absolute atomic E-state index is 12.5. The molecule has 5 heteroatoms. The molecule has 5 nitrogen and oxygen atoms in total. The maximum Gasteiger partial charge on any atom is 0.255 e. The summed E-state index contributed by atoms with van der Waals surface area (Å²) in [6.07, 6.45) is 6.75. The molecule has 0 radical (unpaired) electrons. The topological polar surface area (TPSA) is 64.1 Å². The lowest BCUT2D eigenvalue weighted by Gasteiger charge is -2.17. The van der Waals surface area contributed by atoms with E-state index in [0.29, 0.717) is 11.3 Å². The second-order valence-electron chi connectivity index (χ2n) is 5.33. The van der Waals surface area contributed by atoms with Crippen LogP contribution in [-0.2, 0) is 5.54 Å². The number of nitrogens with zero attached hydrogens (tertiary/aromatic N) is 2. The van der Waals surface area contributed by atoms with Crippen molar-refractivity contribution in [2.75, 3.05) is 7.11 Å². The van der Waals surface area contributed by atoms with Crippen LogP contribution < -0.4 is 10.1 Å². The Kier molecular flexibility index (Phi) is 3.33. The van der Waals surface area contributed by atoms with Crippen LogP contribution >= 0.6 is 0 Å². The number of carbonyl (C=O) groups excluding carboxylic acids is 1. The lowest BCUT2D eigenvalue weighted by atomic mass is 10.1. The number of rotatable bonds is 4. The van der Waals surface area contributed by atoms with Crippen molar-refractivity contribution in [2.45, 2.75) is 25.3 Å². The van der Waals surface area contributed by atoms with Crippen molar-refractivity contribution in [1.29, 1.82) is 0 Å². The van der Waals surface area contributed by atoms with Gasteiger partial charge in [0.25, 0.3) is 5.91 Å². The molecule has 1 amide bonds. The largest absolute Gasteiger partial charge is 0.496 e. The zero-order valence-electron chi connectivity index (χ0n) is 12.1. The Morgan fingerprint density at radius 2 is 2.14 bits per heavy atom. The minimum Gasteiger partial charge on any atom is -0.496 e. The maximum atomic E-state index is 12.5. The highest BCUT2D eigenvalue weighted by Gasteiger charge is 2.47. The molecule has 0 atom stereocenters. The Morgan fingerprint density at radius 3 is 2.76 bits per heavy atom. The van der Waals surface area contributed by atoms with E-state index in [2.05, 4.69) is 15.3 Å². The molecule has 1 heterocycles. The van der Waals surface area contributed by atoms with E-state index in [-0.39, 0.29) is 11.4 Å². The molecule has 1 aliphatic rings. The molecule has 1 saturated carbocycles. The van der Waals surface area contributed by atoms with Crippen molar-refractivity contribution < 1.29 is 9.53 Å². The van der Waals surface area contributed by atoms with Gasteiger partial charge in [-0.1, -0.05) is 6.07 Å². The van der Waals surface area contributed by atoms with Gasteiger partial charge in [-0.25, -0.2) is 0 Å². The normalized spacial score (nSPS) is 15.3. The number of hydrogen-bond donors (Lipinski definition) is 1. The Hall–Kier alpha value is -2.43. The summed E-state index contributed by atoms with van der Waals surface area (Å²) in [5, 5.41) is 3.07. The third kappa shape index (κ3) is 2.59. The van der Waals surface area contributed by atoms with E-state index in [1.165, 1.54) is 0 Å². The first-order valence-electron chi connectivity index (χ1n) is 6.88. The first-order valence-corrected chi connectivity index (χ1v) is 6.88. The zero-order valence-corrected chi connectivity index (χ0v) is 12.1. The van der Waals surface area contributed by atoms with Gasteiger partial charge in [-0.2, -0.15) is 0 Å². The van der Waals surface area contributed by atoms with E-state index in [1.807, 2.05) is 19.1 Å². The smallest absolute Gasteiger partial charge is 0.255 e. The van der Waals surface area contributed by atoms with Crippen LogP contribution in [0.25, 0.3) is 0 Å². The van der Waals surface area contributed by atoms with E-state index < -0.39 is 0 Å². The molecule has 0 unspecified atom stereocenters. The summed E-state index contributed by atoms with van der Waals surface area (Å²) in [6.45, 7) is 1.96. The van der Waals surface area contributed by atoms with Gasteiger partial charge in [0.2, 0.25) is 0 Å². The van der Waals surface area contributed by atoms with Crippen molar-refractivity contribution in [2.24, 2.45) is 0 Å². The van der Waals surface area contributed by atoms with Gasteiger partial charge in [-0.05, 0) is 37.5 Å². The minimum atomic E-state index is -0.374. The van der Waals surface area contributed by atoms with E-state index >= 15 is 0 Å². The lowest BCUT2D eigenvalue weighted by molar-refractivity contribution is 0.0926. The highest BCUT2D eigenvalue weighted by molar-refractivity contribution is 5.97. The van der Waals surface area contributed by atoms with E-state index in [0.717, 1.165) is 24.1 Å². The van der Waals surface area contributed by atoms with E-state index in [1.54, 1.807) is 31.8 Å². The standard InChI is InChI=1S/C16H17N3O2/c1-11-3-4-12(13(9-11)21-2)15(20)19-16(5-6-16)14-10-17-7-8-18-14/h3-4,7-10H,5-6H2,1-2H3,(H,19,20). The summed E-state index contributed by atoms with van der Waals surface area (Å²) < 4.78 is 5.30. The predicted octanol–water partition coefficient (Wildman–Crippen LogP) is 2.21. The molecule has 21 heavy (non-hydrogen) atoms. The molecular formula is C16H17N3O2. The highest BCUT2D eigenvalue weighted by atomic mass is 16.5. The number of aryl methyl sites for hydroxylation is 1. The molecule has 0 bridgehead atoms. The number of ether oxygens (including phenoxy) is 1. The molecule has 0 saturated heterocycles. The molecule has 1 N–H and O–H groups in total. The van der Waals surface area contributed by atoms with Gasteiger partial charge in [0.1, 0.15) is 5.75 Å². The second-order valence-corrected chi connectivity index (χ2v) is 5.33. The van der Waals surface area contributed by atoms with Crippen molar-refractivity contribution in [3.63, 3.8) is 0 Å². The van der Waals surface area contributed by atoms with Crippen LogP contribution in [0.15, 0.2) is 36.8 Å². The monoisotopic (exact) mass is 283 g/mol. The van der Waals surface area contributed by atoms with Crippen LogP contribution in [0.5, 0.6) is 5.75 Å². The average Bonchev–Trinajstić information content (AvgIpc) is 3.28. The number of hydrogen-bond acceptors (Lipinski definition) is 4. The number of carbonyl (C=O) groups is 1. The van der Waals surface area contributed by atoms with E-state index in [9.17, 15) is 4.79 Å². The molecule has 0 spiro atoms. The van der Waals surface area contributed by atoms with Crippen LogP contribution in [0, 0.1) is 6.92 Å².